The third kappa shape index (κ3) is 5.85. The van der Waals surface area contributed by atoms with E-state index in [1.807, 2.05) is 36.6 Å². The van der Waals surface area contributed by atoms with Gasteiger partial charge >= 0.3 is 6.03 Å². The summed E-state index contributed by atoms with van der Waals surface area (Å²) in [5, 5.41) is 5.91. The predicted molar refractivity (Wildman–Crippen MR) is 97.3 cm³/mol. The molecule has 1 N–H and O–H groups in total. The second-order valence-corrected chi connectivity index (χ2v) is 7.28. The molecule has 1 aromatic heterocycles. The molecule has 24 heavy (non-hydrogen) atoms. The number of rotatable bonds is 7. The van der Waals surface area contributed by atoms with Crippen LogP contribution in [-0.4, -0.2) is 29.6 Å². The number of hydrogen-bond donors (Lipinski definition) is 1. The highest BCUT2D eigenvalue weighted by molar-refractivity contribution is 7.09. The van der Waals surface area contributed by atoms with Gasteiger partial charge in [-0.1, -0.05) is 26.0 Å². The molecule has 0 aliphatic heterocycles. The fourth-order valence-electron chi connectivity index (χ4n) is 2.07. The Bertz CT molecular complexity index is 653. The lowest BCUT2D eigenvalue weighted by molar-refractivity contribution is 0.206. The van der Waals surface area contributed by atoms with Crippen LogP contribution in [0.1, 0.15) is 30.1 Å². The van der Waals surface area contributed by atoms with E-state index < -0.39 is 0 Å². The third-order valence-electron chi connectivity index (χ3n) is 3.36. The molecule has 2 aromatic rings. The lowest BCUT2D eigenvalue weighted by Crippen LogP contribution is -2.36. The molecule has 130 valence electrons. The van der Waals surface area contributed by atoms with Crippen LogP contribution in [0, 0.1) is 12.8 Å². The maximum atomic E-state index is 12.1. The van der Waals surface area contributed by atoms with Crippen LogP contribution < -0.4 is 10.1 Å². The maximum absolute atomic E-state index is 12.1. The summed E-state index contributed by atoms with van der Waals surface area (Å²) in [4.78, 5) is 18.1. The number of urea groups is 1. The van der Waals surface area contributed by atoms with Crippen LogP contribution in [-0.2, 0) is 13.1 Å². The molecule has 0 unspecified atom stereocenters. The molecule has 0 saturated carbocycles. The summed E-state index contributed by atoms with van der Waals surface area (Å²) in [6.45, 7) is 7.91. The number of thiazole rings is 1. The van der Waals surface area contributed by atoms with Gasteiger partial charge in [-0.25, -0.2) is 9.78 Å². The van der Waals surface area contributed by atoms with E-state index in [-0.39, 0.29) is 6.03 Å². The van der Waals surface area contributed by atoms with Gasteiger partial charge in [0.25, 0.3) is 0 Å². The molecule has 1 heterocycles. The maximum Gasteiger partial charge on any atom is 0.317 e. The number of benzene rings is 1. The minimum atomic E-state index is -0.110. The van der Waals surface area contributed by atoms with Crippen molar-refractivity contribution in [1.29, 1.82) is 0 Å². The Hall–Kier alpha value is -2.08. The molecular formula is C18H25N3O2S. The van der Waals surface area contributed by atoms with Gasteiger partial charge in [-0.05, 0) is 30.5 Å². The predicted octanol–water partition coefficient (Wildman–Crippen LogP) is 3.83. The highest BCUT2D eigenvalue weighted by Crippen LogP contribution is 2.13. The summed E-state index contributed by atoms with van der Waals surface area (Å²) < 4.78 is 5.65. The van der Waals surface area contributed by atoms with Crippen molar-refractivity contribution in [3.63, 3.8) is 0 Å². The van der Waals surface area contributed by atoms with E-state index in [4.69, 9.17) is 4.74 Å². The van der Waals surface area contributed by atoms with Crippen molar-refractivity contribution < 1.29 is 9.53 Å². The van der Waals surface area contributed by atoms with Gasteiger partial charge in [-0.15, -0.1) is 11.3 Å². The van der Waals surface area contributed by atoms with Crippen molar-refractivity contribution in [3.05, 3.63) is 45.9 Å². The normalized spacial score (nSPS) is 10.7. The highest BCUT2D eigenvalue weighted by atomic mass is 32.1. The number of carbonyl (C=O) groups is 1. The molecule has 0 spiro atoms. The SMILES string of the molecule is Cc1nc(CN(C)C(=O)NCc2ccc(OCC(C)C)cc2)cs1. The molecule has 5 nitrogen and oxygen atoms in total. The van der Waals surface area contributed by atoms with Crippen LogP contribution in [0.2, 0.25) is 0 Å². The average Bonchev–Trinajstić information content (AvgIpc) is 2.96. The number of aromatic nitrogens is 1. The number of ether oxygens (including phenoxy) is 1. The summed E-state index contributed by atoms with van der Waals surface area (Å²) in [5.74, 6) is 1.36. The quantitative estimate of drug-likeness (QED) is 0.828. The number of nitrogens with one attached hydrogen (secondary N) is 1. The van der Waals surface area contributed by atoms with Crippen LogP contribution in [0.15, 0.2) is 29.6 Å². The largest absolute Gasteiger partial charge is 0.493 e. The monoisotopic (exact) mass is 347 g/mol. The van der Waals surface area contributed by atoms with E-state index in [1.165, 1.54) is 0 Å². The first-order chi connectivity index (χ1) is 11.4. The van der Waals surface area contributed by atoms with Crippen molar-refractivity contribution in [3.8, 4) is 5.75 Å². The highest BCUT2D eigenvalue weighted by Gasteiger charge is 2.10. The zero-order valence-corrected chi connectivity index (χ0v) is 15.5. The van der Waals surface area contributed by atoms with E-state index in [9.17, 15) is 4.79 Å². The van der Waals surface area contributed by atoms with Gasteiger partial charge in [0.15, 0.2) is 0 Å². The molecule has 6 heteroatoms. The number of carbonyl (C=O) groups excluding carboxylic acids is 1. The van der Waals surface area contributed by atoms with Crippen molar-refractivity contribution in [2.45, 2.75) is 33.9 Å². The standard InChI is InChI=1S/C18H25N3O2S/c1-13(2)11-23-17-7-5-15(6-8-17)9-19-18(22)21(4)10-16-12-24-14(3)20-16/h5-8,12-13H,9-11H2,1-4H3,(H,19,22). The third-order valence-corrected chi connectivity index (χ3v) is 4.19. The zero-order valence-electron chi connectivity index (χ0n) is 14.7. The average molecular weight is 347 g/mol. The van der Waals surface area contributed by atoms with E-state index >= 15 is 0 Å². The molecule has 0 aliphatic carbocycles. The minimum absolute atomic E-state index is 0.110. The first kappa shape index (κ1) is 18.3. The Morgan fingerprint density at radius 1 is 1.33 bits per heavy atom. The first-order valence-corrected chi connectivity index (χ1v) is 8.93. The van der Waals surface area contributed by atoms with Crippen molar-refractivity contribution >= 4 is 17.4 Å². The van der Waals surface area contributed by atoms with E-state index in [1.54, 1.807) is 23.3 Å². The lowest BCUT2D eigenvalue weighted by atomic mass is 10.2. The summed E-state index contributed by atoms with van der Waals surface area (Å²) in [7, 11) is 1.77. The number of amides is 2. The lowest BCUT2D eigenvalue weighted by Gasteiger charge is -2.17. The Kier molecular flexibility index (Phi) is 6.61. The topological polar surface area (TPSA) is 54.5 Å². The van der Waals surface area contributed by atoms with Crippen LogP contribution in [0.3, 0.4) is 0 Å². The fraction of sp³-hybridized carbons (Fsp3) is 0.444. The molecule has 2 amide bonds. The zero-order chi connectivity index (χ0) is 17.5. The van der Waals surface area contributed by atoms with Gasteiger partial charge < -0.3 is 15.0 Å². The van der Waals surface area contributed by atoms with E-state index in [0.29, 0.717) is 25.6 Å². The minimum Gasteiger partial charge on any atom is -0.493 e. The number of hydrogen-bond acceptors (Lipinski definition) is 4. The molecule has 0 fully saturated rings. The van der Waals surface area contributed by atoms with Gasteiger partial charge in [0.05, 0.1) is 23.9 Å². The smallest absolute Gasteiger partial charge is 0.317 e. The van der Waals surface area contributed by atoms with Crippen LogP contribution in [0.5, 0.6) is 5.75 Å². The van der Waals surface area contributed by atoms with Crippen LogP contribution in [0.4, 0.5) is 4.79 Å². The van der Waals surface area contributed by atoms with Crippen LogP contribution in [0.25, 0.3) is 0 Å². The van der Waals surface area contributed by atoms with Crippen LogP contribution >= 0.6 is 11.3 Å². The molecule has 0 bridgehead atoms. The Morgan fingerprint density at radius 2 is 2.04 bits per heavy atom. The fourth-order valence-corrected chi connectivity index (χ4v) is 2.68. The molecule has 0 radical (unpaired) electrons. The van der Waals surface area contributed by atoms with Gasteiger partial charge in [0.1, 0.15) is 5.75 Å². The summed E-state index contributed by atoms with van der Waals surface area (Å²) in [6, 6.07) is 7.71. The van der Waals surface area contributed by atoms with Crippen molar-refractivity contribution in [2.75, 3.05) is 13.7 Å². The summed E-state index contributed by atoms with van der Waals surface area (Å²) >= 11 is 1.59. The van der Waals surface area contributed by atoms with Gasteiger partial charge in [0.2, 0.25) is 0 Å². The first-order valence-electron chi connectivity index (χ1n) is 8.05. The Labute approximate surface area is 147 Å². The van der Waals surface area contributed by atoms with Gasteiger partial charge in [-0.2, -0.15) is 0 Å². The number of nitrogens with zero attached hydrogens (tertiary/aromatic N) is 2. The summed E-state index contributed by atoms with van der Waals surface area (Å²) in [5.41, 5.74) is 1.96. The van der Waals surface area contributed by atoms with E-state index in [2.05, 4.69) is 24.1 Å². The van der Waals surface area contributed by atoms with Crippen molar-refractivity contribution in [1.82, 2.24) is 15.2 Å². The molecule has 1 aromatic carbocycles. The summed E-state index contributed by atoms with van der Waals surface area (Å²) in [6.07, 6.45) is 0. The molecule has 2 rings (SSSR count). The second-order valence-electron chi connectivity index (χ2n) is 6.22. The second kappa shape index (κ2) is 8.68. The molecule has 0 saturated heterocycles. The Balaban J connectivity index is 1.78. The Morgan fingerprint density at radius 3 is 2.62 bits per heavy atom. The van der Waals surface area contributed by atoms with Crippen molar-refractivity contribution in [2.24, 2.45) is 5.92 Å². The number of aryl methyl sites for hydroxylation is 1. The molecule has 0 atom stereocenters. The molecule has 0 aliphatic rings. The van der Waals surface area contributed by atoms with Gasteiger partial charge in [-0.3, -0.25) is 0 Å². The molecular weight excluding hydrogens is 322 g/mol. The van der Waals surface area contributed by atoms with E-state index in [0.717, 1.165) is 22.0 Å². The van der Waals surface area contributed by atoms with Gasteiger partial charge in [0, 0.05) is 19.0 Å².